The molecule has 2 rings (SSSR count). The van der Waals surface area contributed by atoms with Crippen LogP contribution in [0.2, 0.25) is 0 Å². The molecule has 1 amide bonds. The minimum Gasteiger partial charge on any atom is -0.444 e. The van der Waals surface area contributed by atoms with Crippen LogP contribution in [0.15, 0.2) is 33.4 Å². The van der Waals surface area contributed by atoms with Crippen LogP contribution in [0.4, 0.5) is 4.39 Å². The molecule has 19 heavy (non-hydrogen) atoms. The van der Waals surface area contributed by atoms with Gasteiger partial charge in [-0.1, -0.05) is 15.9 Å². The van der Waals surface area contributed by atoms with Crippen molar-refractivity contribution in [3.05, 3.63) is 40.4 Å². The normalized spacial score (nSPS) is 10.5. The van der Waals surface area contributed by atoms with Crippen molar-refractivity contribution >= 4 is 21.8 Å². The fraction of sp³-hybridized carbons (Fsp3) is 0.167. The average molecular weight is 329 g/mol. The SMILES string of the molecule is O=C(NCCO)c1coc(-c2ccc(Br)cc2F)n1. The van der Waals surface area contributed by atoms with Crippen LogP contribution in [0.5, 0.6) is 0 Å². The standard InChI is InChI=1S/C12H10BrFN2O3/c13-7-1-2-8(9(14)5-7)12-16-10(6-19-12)11(18)15-3-4-17/h1-2,5-6,17H,3-4H2,(H,15,18). The first-order chi connectivity index (χ1) is 9.11. The monoisotopic (exact) mass is 328 g/mol. The lowest BCUT2D eigenvalue weighted by atomic mass is 10.2. The number of rotatable bonds is 4. The van der Waals surface area contributed by atoms with Crippen LogP contribution in [0, 0.1) is 5.82 Å². The van der Waals surface area contributed by atoms with E-state index in [0.29, 0.717) is 4.47 Å². The van der Waals surface area contributed by atoms with Crippen molar-refractivity contribution in [2.45, 2.75) is 0 Å². The number of oxazole rings is 1. The van der Waals surface area contributed by atoms with Gasteiger partial charge in [0.05, 0.1) is 12.2 Å². The second-order valence-corrected chi connectivity index (χ2v) is 4.56. The van der Waals surface area contributed by atoms with Gasteiger partial charge in [-0.05, 0) is 18.2 Å². The van der Waals surface area contributed by atoms with Crippen molar-refractivity contribution in [1.82, 2.24) is 10.3 Å². The highest BCUT2D eigenvalue weighted by molar-refractivity contribution is 9.10. The molecule has 0 aliphatic heterocycles. The lowest BCUT2D eigenvalue weighted by Crippen LogP contribution is -2.26. The fourth-order valence-corrected chi connectivity index (χ4v) is 1.76. The van der Waals surface area contributed by atoms with E-state index in [9.17, 15) is 9.18 Å². The van der Waals surface area contributed by atoms with Crippen LogP contribution in [-0.2, 0) is 0 Å². The highest BCUT2D eigenvalue weighted by Crippen LogP contribution is 2.24. The van der Waals surface area contributed by atoms with Crippen LogP contribution in [0.1, 0.15) is 10.5 Å². The van der Waals surface area contributed by atoms with E-state index in [1.807, 2.05) is 0 Å². The van der Waals surface area contributed by atoms with Crippen molar-refractivity contribution in [3.8, 4) is 11.5 Å². The number of nitrogens with one attached hydrogen (secondary N) is 1. The topological polar surface area (TPSA) is 75.4 Å². The van der Waals surface area contributed by atoms with E-state index in [4.69, 9.17) is 9.52 Å². The third-order valence-corrected chi connectivity index (χ3v) is 2.79. The van der Waals surface area contributed by atoms with Crippen LogP contribution < -0.4 is 5.32 Å². The number of hydrogen-bond donors (Lipinski definition) is 2. The first-order valence-electron chi connectivity index (χ1n) is 5.42. The third kappa shape index (κ3) is 3.18. The highest BCUT2D eigenvalue weighted by atomic mass is 79.9. The van der Waals surface area contributed by atoms with Gasteiger partial charge in [0.2, 0.25) is 5.89 Å². The molecule has 0 aliphatic carbocycles. The quantitative estimate of drug-likeness (QED) is 0.899. The van der Waals surface area contributed by atoms with E-state index < -0.39 is 11.7 Å². The number of benzene rings is 1. The van der Waals surface area contributed by atoms with Gasteiger partial charge in [-0.3, -0.25) is 4.79 Å². The molecule has 2 N–H and O–H groups in total. The summed E-state index contributed by atoms with van der Waals surface area (Å²) in [5.74, 6) is -0.959. The van der Waals surface area contributed by atoms with Crippen molar-refractivity contribution in [3.63, 3.8) is 0 Å². The molecular formula is C12H10BrFN2O3. The van der Waals surface area contributed by atoms with Crippen LogP contribution >= 0.6 is 15.9 Å². The number of nitrogens with zero attached hydrogens (tertiary/aromatic N) is 1. The minimum absolute atomic E-state index is 0.0270. The number of aromatic nitrogens is 1. The Kier molecular flexibility index (Phi) is 4.28. The molecule has 5 nitrogen and oxygen atoms in total. The molecule has 0 spiro atoms. The van der Waals surface area contributed by atoms with Crippen LogP contribution in [-0.4, -0.2) is 29.1 Å². The summed E-state index contributed by atoms with van der Waals surface area (Å²) in [7, 11) is 0. The summed E-state index contributed by atoms with van der Waals surface area (Å²) in [6, 6.07) is 4.43. The second kappa shape index (κ2) is 5.94. The summed E-state index contributed by atoms with van der Waals surface area (Å²) in [5.41, 5.74) is 0.204. The molecule has 100 valence electrons. The maximum atomic E-state index is 13.7. The maximum Gasteiger partial charge on any atom is 0.273 e. The summed E-state index contributed by atoms with van der Waals surface area (Å²) >= 11 is 3.15. The number of carbonyl (C=O) groups excluding carboxylic acids is 1. The van der Waals surface area contributed by atoms with Crippen molar-refractivity contribution in [1.29, 1.82) is 0 Å². The lowest BCUT2D eigenvalue weighted by molar-refractivity contribution is 0.0940. The molecule has 2 aromatic rings. The summed E-state index contributed by atoms with van der Waals surface area (Å²) < 4.78 is 19.4. The first kappa shape index (κ1) is 13.7. The molecule has 0 aliphatic rings. The summed E-state index contributed by atoms with van der Waals surface area (Å²) in [6.45, 7) is -0.0501. The molecule has 0 bridgehead atoms. The van der Waals surface area contributed by atoms with Crippen molar-refractivity contribution in [2.24, 2.45) is 0 Å². The Balaban J connectivity index is 2.23. The minimum atomic E-state index is -0.501. The Labute approximate surface area is 116 Å². The zero-order valence-electron chi connectivity index (χ0n) is 9.69. The Morgan fingerprint density at radius 3 is 3.00 bits per heavy atom. The van der Waals surface area contributed by atoms with E-state index in [1.54, 1.807) is 6.07 Å². The van der Waals surface area contributed by atoms with Crippen LogP contribution in [0.25, 0.3) is 11.5 Å². The molecule has 1 aromatic carbocycles. The van der Waals surface area contributed by atoms with E-state index in [2.05, 4.69) is 26.2 Å². The predicted octanol–water partition coefficient (Wildman–Crippen LogP) is 1.97. The van der Waals surface area contributed by atoms with Gasteiger partial charge in [-0.15, -0.1) is 0 Å². The van der Waals surface area contributed by atoms with Gasteiger partial charge in [0.15, 0.2) is 5.69 Å². The zero-order valence-corrected chi connectivity index (χ0v) is 11.3. The number of halogens is 2. The van der Waals surface area contributed by atoms with E-state index >= 15 is 0 Å². The van der Waals surface area contributed by atoms with Gasteiger partial charge in [0, 0.05) is 11.0 Å². The molecule has 0 saturated heterocycles. The molecule has 0 saturated carbocycles. The zero-order chi connectivity index (χ0) is 13.8. The maximum absolute atomic E-state index is 13.7. The molecular weight excluding hydrogens is 319 g/mol. The average Bonchev–Trinajstić information content (AvgIpc) is 2.85. The van der Waals surface area contributed by atoms with Gasteiger partial charge in [0.25, 0.3) is 5.91 Å². The number of amides is 1. The molecule has 0 fully saturated rings. The Morgan fingerprint density at radius 2 is 2.32 bits per heavy atom. The Bertz CT molecular complexity index is 600. The van der Waals surface area contributed by atoms with Gasteiger partial charge in [-0.25, -0.2) is 9.37 Å². The smallest absolute Gasteiger partial charge is 0.273 e. The number of aliphatic hydroxyl groups excluding tert-OH is 1. The molecule has 1 aromatic heterocycles. The van der Waals surface area contributed by atoms with Crippen molar-refractivity contribution in [2.75, 3.05) is 13.2 Å². The second-order valence-electron chi connectivity index (χ2n) is 3.64. The Hall–Kier alpha value is -1.73. The van der Waals surface area contributed by atoms with Gasteiger partial charge >= 0.3 is 0 Å². The van der Waals surface area contributed by atoms with Gasteiger partial charge in [-0.2, -0.15) is 0 Å². The lowest BCUT2D eigenvalue weighted by Gasteiger charge is -1.99. The fourth-order valence-electron chi connectivity index (χ4n) is 1.42. The molecule has 7 heteroatoms. The third-order valence-electron chi connectivity index (χ3n) is 2.30. The summed E-state index contributed by atoms with van der Waals surface area (Å²) in [5, 5.41) is 11.0. The van der Waals surface area contributed by atoms with Gasteiger partial charge in [0.1, 0.15) is 12.1 Å². The number of aliphatic hydroxyl groups is 1. The van der Waals surface area contributed by atoms with Crippen molar-refractivity contribution < 1.29 is 18.7 Å². The van der Waals surface area contributed by atoms with Gasteiger partial charge < -0.3 is 14.8 Å². The van der Waals surface area contributed by atoms with E-state index in [-0.39, 0.29) is 30.3 Å². The Morgan fingerprint density at radius 1 is 1.53 bits per heavy atom. The molecule has 0 radical (unpaired) electrons. The molecule has 0 atom stereocenters. The number of carbonyl (C=O) groups is 1. The molecule has 1 heterocycles. The number of hydrogen-bond acceptors (Lipinski definition) is 4. The summed E-state index contributed by atoms with van der Waals surface area (Å²) in [4.78, 5) is 15.4. The van der Waals surface area contributed by atoms with E-state index in [0.717, 1.165) is 6.26 Å². The predicted molar refractivity (Wildman–Crippen MR) is 69.0 cm³/mol. The highest BCUT2D eigenvalue weighted by Gasteiger charge is 2.15. The molecule has 0 unspecified atom stereocenters. The first-order valence-corrected chi connectivity index (χ1v) is 6.21. The van der Waals surface area contributed by atoms with E-state index in [1.165, 1.54) is 12.1 Å². The summed E-state index contributed by atoms with van der Waals surface area (Å²) in [6.07, 6.45) is 1.14. The van der Waals surface area contributed by atoms with Crippen LogP contribution in [0.3, 0.4) is 0 Å². The largest absolute Gasteiger partial charge is 0.444 e.